The average molecular weight is 426 g/mol. The lowest BCUT2D eigenvalue weighted by molar-refractivity contribution is -0.0495. The largest absolute Gasteiger partial charge is 0.486 e. The number of alkyl halides is 2. The Labute approximate surface area is 169 Å². The highest BCUT2D eigenvalue weighted by molar-refractivity contribution is 6.31. The van der Waals surface area contributed by atoms with E-state index in [2.05, 4.69) is 10.1 Å². The van der Waals surface area contributed by atoms with Crippen molar-refractivity contribution in [2.75, 3.05) is 5.32 Å². The monoisotopic (exact) mass is 425 g/mol. The van der Waals surface area contributed by atoms with E-state index in [-0.39, 0.29) is 18.1 Å². The standard InChI is InChI=1S/C20H15ClF3NO4/c1-11-8-13(3-5-15(11)21)27-10-14-4-7-17(28-14)19(26)25-16-6-2-12(22)9-18(16)29-20(23)24/h2-9,20H,10H2,1H3,(H,25,26). The Balaban J connectivity index is 1.66. The van der Waals surface area contributed by atoms with Gasteiger partial charge in [0.05, 0.1) is 5.69 Å². The second kappa shape index (κ2) is 8.91. The Morgan fingerprint density at radius 1 is 1.17 bits per heavy atom. The molecule has 1 N–H and O–H groups in total. The molecule has 29 heavy (non-hydrogen) atoms. The molecular formula is C20H15ClF3NO4. The van der Waals surface area contributed by atoms with Gasteiger partial charge < -0.3 is 19.2 Å². The summed E-state index contributed by atoms with van der Waals surface area (Å²) in [7, 11) is 0. The number of carbonyl (C=O) groups is 1. The van der Waals surface area contributed by atoms with Gasteiger partial charge in [0.15, 0.2) is 11.5 Å². The van der Waals surface area contributed by atoms with Crippen LogP contribution < -0.4 is 14.8 Å². The number of rotatable bonds is 7. The van der Waals surface area contributed by atoms with Gasteiger partial charge in [-0.15, -0.1) is 0 Å². The lowest BCUT2D eigenvalue weighted by Gasteiger charge is -2.11. The number of furan rings is 1. The number of aryl methyl sites for hydroxylation is 1. The first-order chi connectivity index (χ1) is 13.8. The normalized spacial score (nSPS) is 10.8. The number of hydrogen-bond donors (Lipinski definition) is 1. The Morgan fingerprint density at radius 3 is 2.69 bits per heavy atom. The van der Waals surface area contributed by atoms with Gasteiger partial charge in [-0.2, -0.15) is 8.78 Å². The van der Waals surface area contributed by atoms with Crippen molar-refractivity contribution in [1.29, 1.82) is 0 Å². The molecule has 152 valence electrons. The maximum absolute atomic E-state index is 13.3. The molecule has 0 fully saturated rings. The summed E-state index contributed by atoms with van der Waals surface area (Å²) in [6.07, 6.45) is 0. The predicted molar refractivity (Wildman–Crippen MR) is 100 cm³/mol. The SMILES string of the molecule is Cc1cc(OCc2ccc(C(=O)Nc3ccc(F)cc3OC(F)F)o2)ccc1Cl. The summed E-state index contributed by atoms with van der Waals surface area (Å²) in [6, 6.07) is 11.0. The highest BCUT2D eigenvalue weighted by Crippen LogP contribution is 2.28. The minimum absolute atomic E-state index is 0.0602. The zero-order valence-corrected chi connectivity index (χ0v) is 15.8. The maximum atomic E-state index is 13.3. The minimum Gasteiger partial charge on any atom is -0.486 e. The number of anilines is 1. The van der Waals surface area contributed by atoms with Gasteiger partial charge in [-0.25, -0.2) is 4.39 Å². The molecule has 0 radical (unpaired) electrons. The highest BCUT2D eigenvalue weighted by atomic mass is 35.5. The van der Waals surface area contributed by atoms with Crippen LogP contribution >= 0.6 is 11.6 Å². The van der Waals surface area contributed by atoms with Gasteiger partial charge in [-0.1, -0.05) is 11.6 Å². The number of ether oxygens (including phenoxy) is 2. The Hall–Kier alpha value is -3.13. The van der Waals surface area contributed by atoms with Crippen LogP contribution in [-0.4, -0.2) is 12.5 Å². The van der Waals surface area contributed by atoms with Crippen LogP contribution in [0.1, 0.15) is 21.9 Å². The molecule has 1 aromatic heterocycles. The summed E-state index contributed by atoms with van der Waals surface area (Å²) in [4.78, 5) is 12.3. The topological polar surface area (TPSA) is 60.7 Å². The molecule has 0 spiro atoms. The van der Waals surface area contributed by atoms with Crippen LogP contribution in [-0.2, 0) is 6.61 Å². The average Bonchev–Trinajstić information content (AvgIpc) is 3.13. The van der Waals surface area contributed by atoms with Crippen LogP contribution in [0, 0.1) is 12.7 Å². The van der Waals surface area contributed by atoms with Gasteiger partial charge >= 0.3 is 6.61 Å². The van der Waals surface area contributed by atoms with Gasteiger partial charge in [0.25, 0.3) is 5.91 Å². The molecule has 9 heteroatoms. The molecule has 1 heterocycles. The van der Waals surface area contributed by atoms with Crippen molar-refractivity contribution in [2.24, 2.45) is 0 Å². The van der Waals surface area contributed by atoms with Crippen LogP contribution in [0.25, 0.3) is 0 Å². The van der Waals surface area contributed by atoms with Crippen LogP contribution in [0.15, 0.2) is 52.9 Å². The van der Waals surface area contributed by atoms with Crippen molar-refractivity contribution in [1.82, 2.24) is 0 Å². The number of carbonyl (C=O) groups excluding carboxylic acids is 1. The van der Waals surface area contributed by atoms with Crippen molar-refractivity contribution < 1.29 is 31.9 Å². The van der Waals surface area contributed by atoms with E-state index < -0.39 is 24.1 Å². The van der Waals surface area contributed by atoms with Crippen molar-refractivity contribution >= 4 is 23.2 Å². The zero-order chi connectivity index (χ0) is 21.0. The van der Waals surface area contributed by atoms with Crippen LogP contribution in [0.3, 0.4) is 0 Å². The van der Waals surface area contributed by atoms with E-state index in [1.807, 2.05) is 6.92 Å². The molecule has 3 aromatic rings. The third kappa shape index (κ3) is 5.45. The van der Waals surface area contributed by atoms with Crippen molar-refractivity contribution in [2.45, 2.75) is 20.1 Å². The predicted octanol–water partition coefficient (Wildman–Crippen LogP) is 5.81. The van der Waals surface area contributed by atoms with Gasteiger partial charge in [-0.05, 0) is 55.0 Å². The van der Waals surface area contributed by atoms with Crippen LogP contribution in [0.2, 0.25) is 5.02 Å². The van der Waals surface area contributed by atoms with E-state index in [4.69, 9.17) is 20.8 Å². The van der Waals surface area contributed by atoms with Gasteiger partial charge in [0, 0.05) is 11.1 Å². The minimum atomic E-state index is -3.17. The first kappa shape index (κ1) is 20.6. The highest BCUT2D eigenvalue weighted by Gasteiger charge is 2.17. The Bertz CT molecular complexity index is 1020. The number of nitrogens with one attached hydrogen (secondary N) is 1. The summed E-state index contributed by atoms with van der Waals surface area (Å²) in [5, 5.41) is 2.96. The first-order valence-corrected chi connectivity index (χ1v) is 8.73. The molecular weight excluding hydrogens is 411 g/mol. The number of benzene rings is 2. The summed E-state index contributed by atoms with van der Waals surface area (Å²) >= 11 is 5.96. The van der Waals surface area contributed by atoms with Crippen molar-refractivity contribution in [3.63, 3.8) is 0 Å². The third-order valence-corrected chi connectivity index (χ3v) is 4.23. The zero-order valence-electron chi connectivity index (χ0n) is 15.0. The molecule has 0 atom stereocenters. The van der Waals surface area contributed by atoms with E-state index in [0.717, 1.165) is 23.8 Å². The van der Waals surface area contributed by atoms with Gasteiger partial charge in [0.1, 0.15) is 23.9 Å². The van der Waals surface area contributed by atoms with Crippen LogP contribution in [0.4, 0.5) is 18.9 Å². The lowest BCUT2D eigenvalue weighted by Crippen LogP contribution is -2.13. The summed E-state index contributed by atoms with van der Waals surface area (Å²) in [6.45, 7) is -1.27. The molecule has 0 saturated heterocycles. The molecule has 0 bridgehead atoms. The third-order valence-electron chi connectivity index (χ3n) is 3.80. The molecule has 0 aliphatic carbocycles. The number of halogens is 4. The first-order valence-electron chi connectivity index (χ1n) is 8.35. The fourth-order valence-electron chi connectivity index (χ4n) is 2.42. The Morgan fingerprint density at radius 2 is 1.97 bits per heavy atom. The number of amides is 1. The molecule has 0 aliphatic heterocycles. The molecule has 5 nitrogen and oxygen atoms in total. The molecule has 0 saturated carbocycles. The Kier molecular flexibility index (Phi) is 6.33. The maximum Gasteiger partial charge on any atom is 0.387 e. The fraction of sp³-hybridized carbons (Fsp3) is 0.150. The van der Waals surface area contributed by atoms with E-state index in [1.165, 1.54) is 6.07 Å². The lowest BCUT2D eigenvalue weighted by atomic mass is 10.2. The van der Waals surface area contributed by atoms with Crippen molar-refractivity contribution in [3.8, 4) is 11.5 Å². The van der Waals surface area contributed by atoms with Crippen LogP contribution in [0.5, 0.6) is 11.5 Å². The van der Waals surface area contributed by atoms with E-state index in [1.54, 1.807) is 24.3 Å². The fourth-order valence-corrected chi connectivity index (χ4v) is 2.53. The quantitative estimate of drug-likeness (QED) is 0.518. The summed E-state index contributed by atoms with van der Waals surface area (Å²) < 4.78 is 53.4. The second-order valence-electron chi connectivity index (χ2n) is 5.94. The molecule has 0 aliphatic rings. The summed E-state index contributed by atoms with van der Waals surface area (Å²) in [5.41, 5.74) is 0.729. The molecule has 2 aromatic carbocycles. The van der Waals surface area contributed by atoms with E-state index >= 15 is 0 Å². The summed E-state index contributed by atoms with van der Waals surface area (Å²) in [5.74, 6) is -1.14. The molecule has 0 unspecified atom stereocenters. The molecule has 3 rings (SSSR count). The second-order valence-corrected chi connectivity index (χ2v) is 6.35. The van der Waals surface area contributed by atoms with Crippen molar-refractivity contribution in [3.05, 3.63) is 76.5 Å². The number of hydrogen-bond acceptors (Lipinski definition) is 4. The smallest absolute Gasteiger partial charge is 0.387 e. The van der Waals surface area contributed by atoms with E-state index in [0.29, 0.717) is 16.5 Å². The van der Waals surface area contributed by atoms with E-state index in [9.17, 15) is 18.0 Å². The van der Waals surface area contributed by atoms with Gasteiger partial charge in [0.2, 0.25) is 0 Å². The van der Waals surface area contributed by atoms with Gasteiger partial charge in [-0.3, -0.25) is 4.79 Å². The molecule has 1 amide bonds.